The lowest BCUT2D eigenvalue weighted by molar-refractivity contribution is 0.0227. The van der Waals surface area contributed by atoms with Crippen LogP contribution in [0.1, 0.15) is 12.5 Å². The minimum absolute atomic E-state index is 0.291. The van der Waals surface area contributed by atoms with Crippen LogP contribution in [0.4, 0.5) is 0 Å². The second kappa shape index (κ2) is 6.22. The van der Waals surface area contributed by atoms with Crippen LogP contribution >= 0.6 is 0 Å². The quantitative estimate of drug-likeness (QED) is 0.582. The molecule has 0 spiro atoms. The number of ether oxygens (including phenoxy) is 2. The zero-order chi connectivity index (χ0) is 12.8. The molecule has 18 heavy (non-hydrogen) atoms. The Labute approximate surface area is 108 Å². The number of benzene rings is 2. The van der Waals surface area contributed by atoms with Gasteiger partial charge in [0.2, 0.25) is 0 Å². The molecule has 2 rings (SSSR count). The van der Waals surface area contributed by atoms with Gasteiger partial charge in [0.05, 0.1) is 0 Å². The van der Waals surface area contributed by atoms with Gasteiger partial charge in [-0.1, -0.05) is 48.0 Å². The zero-order valence-electron chi connectivity index (χ0n) is 10.8. The molecule has 0 aliphatic heterocycles. The second-order valence-electron chi connectivity index (χ2n) is 4.12. The maximum absolute atomic E-state index is 5.64. The first kappa shape index (κ1) is 12.7. The number of rotatable bonds is 5. The van der Waals surface area contributed by atoms with Gasteiger partial charge in [0.15, 0.2) is 6.79 Å². The van der Waals surface area contributed by atoms with Crippen LogP contribution < -0.4 is 4.74 Å². The van der Waals surface area contributed by atoms with Crippen LogP contribution in [-0.2, 0) is 4.74 Å². The van der Waals surface area contributed by atoms with Crippen molar-refractivity contribution >= 4 is 0 Å². The average molecular weight is 242 g/mol. The van der Waals surface area contributed by atoms with E-state index in [0.717, 1.165) is 16.9 Å². The molecule has 0 unspecified atom stereocenters. The molecule has 0 saturated carbocycles. The summed E-state index contributed by atoms with van der Waals surface area (Å²) < 4.78 is 10.9. The molecule has 0 heterocycles. The minimum Gasteiger partial charge on any atom is -0.467 e. The normalized spacial score (nSPS) is 10.3. The monoisotopic (exact) mass is 242 g/mol. The smallest absolute Gasteiger partial charge is 0.189 e. The molecule has 0 atom stereocenters. The Kier molecular flexibility index (Phi) is 4.37. The molecule has 94 valence electrons. The summed E-state index contributed by atoms with van der Waals surface area (Å²) in [4.78, 5) is 0. The molecule has 0 radical (unpaired) electrons. The number of aryl methyl sites for hydroxylation is 1. The summed E-state index contributed by atoms with van der Waals surface area (Å²) in [5.74, 6) is 0.856. The summed E-state index contributed by atoms with van der Waals surface area (Å²) in [7, 11) is 0. The van der Waals surface area contributed by atoms with Crippen molar-refractivity contribution in [1.29, 1.82) is 0 Å². The van der Waals surface area contributed by atoms with Crippen LogP contribution in [0.2, 0.25) is 0 Å². The third-order valence-corrected chi connectivity index (χ3v) is 2.75. The van der Waals surface area contributed by atoms with Gasteiger partial charge in [-0.2, -0.15) is 0 Å². The maximum atomic E-state index is 5.64. The first-order valence-corrected chi connectivity index (χ1v) is 6.18. The van der Waals surface area contributed by atoms with Crippen LogP contribution in [-0.4, -0.2) is 13.4 Å². The van der Waals surface area contributed by atoms with Gasteiger partial charge in [-0.3, -0.25) is 0 Å². The summed E-state index contributed by atoms with van der Waals surface area (Å²) in [6.45, 7) is 4.99. The second-order valence-corrected chi connectivity index (χ2v) is 4.12. The summed E-state index contributed by atoms with van der Waals surface area (Å²) in [5, 5.41) is 0. The summed E-state index contributed by atoms with van der Waals surface area (Å²) in [6.07, 6.45) is 0. The fourth-order valence-corrected chi connectivity index (χ4v) is 1.75. The molecular formula is C16H18O2. The highest BCUT2D eigenvalue weighted by Crippen LogP contribution is 2.29. The standard InChI is InChI=1S/C16H18O2/c1-3-17-12-18-16-7-5-4-6-15(16)14-10-8-13(2)9-11-14/h4-11H,3,12H2,1-2H3. The average Bonchev–Trinajstić information content (AvgIpc) is 2.41. The van der Waals surface area contributed by atoms with Crippen molar-refractivity contribution in [2.24, 2.45) is 0 Å². The summed E-state index contributed by atoms with van der Waals surface area (Å²) in [5.41, 5.74) is 3.51. The van der Waals surface area contributed by atoms with E-state index in [1.54, 1.807) is 0 Å². The number of para-hydroxylation sites is 1. The van der Waals surface area contributed by atoms with E-state index < -0.39 is 0 Å². The fraction of sp³-hybridized carbons (Fsp3) is 0.250. The molecule has 0 bridgehead atoms. The predicted molar refractivity (Wildman–Crippen MR) is 73.7 cm³/mol. The highest BCUT2D eigenvalue weighted by Gasteiger charge is 2.05. The largest absolute Gasteiger partial charge is 0.467 e. The van der Waals surface area contributed by atoms with E-state index in [-0.39, 0.29) is 0 Å². The maximum Gasteiger partial charge on any atom is 0.189 e. The Morgan fingerprint density at radius 2 is 1.67 bits per heavy atom. The molecule has 0 aliphatic carbocycles. The highest BCUT2D eigenvalue weighted by molar-refractivity contribution is 5.70. The molecule has 2 heteroatoms. The summed E-state index contributed by atoms with van der Waals surface area (Å²) >= 11 is 0. The zero-order valence-corrected chi connectivity index (χ0v) is 10.8. The molecule has 0 aliphatic rings. The van der Waals surface area contributed by atoms with Crippen molar-refractivity contribution in [2.45, 2.75) is 13.8 Å². The van der Waals surface area contributed by atoms with Gasteiger partial charge in [0.1, 0.15) is 5.75 Å². The highest BCUT2D eigenvalue weighted by atomic mass is 16.7. The lowest BCUT2D eigenvalue weighted by Gasteiger charge is -2.11. The lowest BCUT2D eigenvalue weighted by atomic mass is 10.0. The number of hydrogen-bond donors (Lipinski definition) is 0. The van der Waals surface area contributed by atoms with E-state index in [0.29, 0.717) is 13.4 Å². The van der Waals surface area contributed by atoms with Crippen molar-refractivity contribution in [1.82, 2.24) is 0 Å². The van der Waals surface area contributed by atoms with Gasteiger partial charge >= 0.3 is 0 Å². The van der Waals surface area contributed by atoms with E-state index in [1.165, 1.54) is 5.56 Å². The lowest BCUT2D eigenvalue weighted by Crippen LogP contribution is -2.02. The van der Waals surface area contributed by atoms with E-state index in [9.17, 15) is 0 Å². The Morgan fingerprint density at radius 1 is 0.944 bits per heavy atom. The van der Waals surface area contributed by atoms with Crippen LogP contribution in [0, 0.1) is 6.92 Å². The van der Waals surface area contributed by atoms with E-state index in [2.05, 4.69) is 37.3 Å². The molecule has 0 N–H and O–H groups in total. The van der Waals surface area contributed by atoms with Gasteiger partial charge in [-0.05, 0) is 25.5 Å². The Hall–Kier alpha value is -1.80. The molecular weight excluding hydrogens is 224 g/mol. The van der Waals surface area contributed by atoms with Gasteiger partial charge in [0.25, 0.3) is 0 Å². The van der Waals surface area contributed by atoms with Crippen LogP contribution in [0.3, 0.4) is 0 Å². The van der Waals surface area contributed by atoms with Crippen LogP contribution in [0.15, 0.2) is 48.5 Å². The Balaban J connectivity index is 2.23. The van der Waals surface area contributed by atoms with E-state index in [4.69, 9.17) is 9.47 Å². The van der Waals surface area contributed by atoms with Crippen LogP contribution in [0.5, 0.6) is 5.75 Å². The predicted octanol–water partition coefficient (Wildman–Crippen LogP) is 4.03. The van der Waals surface area contributed by atoms with Gasteiger partial charge in [0, 0.05) is 12.2 Å². The van der Waals surface area contributed by atoms with E-state index in [1.807, 2.05) is 25.1 Å². The molecule has 0 amide bonds. The minimum atomic E-state index is 0.291. The van der Waals surface area contributed by atoms with Crippen LogP contribution in [0.25, 0.3) is 11.1 Å². The van der Waals surface area contributed by atoms with Gasteiger partial charge in [-0.15, -0.1) is 0 Å². The Bertz CT molecular complexity index is 489. The molecule has 0 aromatic heterocycles. The van der Waals surface area contributed by atoms with E-state index >= 15 is 0 Å². The molecule has 2 aromatic rings. The fourth-order valence-electron chi connectivity index (χ4n) is 1.75. The first-order valence-electron chi connectivity index (χ1n) is 6.18. The molecule has 0 saturated heterocycles. The van der Waals surface area contributed by atoms with Gasteiger partial charge in [-0.25, -0.2) is 0 Å². The third-order valence-electron chi connectivity index (χ3n) is 2.75. The van der Waals surface area contributed by atoms with Crippen molar-refractivity contribution in [3.63, 3.8) is 0 Å². The molecule has 0 fully saturated rings. The summed E-state index contributed by atoms with van der Waals surface area (Å²) in [6, 6.07) is 16.4. The number of hydrogen-bond acceptors (Lipinski definition) is 2. The molecule has 2 nitrogen and oxygen atoms in total. The topological polar surface area (TPSA) is 18.5 Å². The molecule has 2 aromatic carbocycles. The SMILES string of the molecule is CCOCOc1ccccc1-c1ccc(C)cc1. The first-order chi connectivity index (χ1) is 8.81. The van der Waals surface area contributed by atoms with Crippen molar-refractivity contribution in [2.75, 3.05) is 13.4 Å². The Morgan fingerprint density at radius 3 is 2.39 bits per heavy atom. The van der Waals surface area contributed by atoms with Crippen molar-refractivity contribution in [3.8, 4) is 16.9 Å². The van der Waals surface area contributed by atoms with Crippen molar-refractivity contribution < 1.29 is 9.47 Å². The van der Waals surface area contributed by atoms with Crippen molar-refractivity contribution in [3.05, 3.63) is 54.1 Å². The van der Waals surface area contributed by atoms with Gasteiger partial charge < -0.3 is 9.47 Å². The third kappa shape index (κ3) is 3.11.